The molecule has 94 valence electrons. The van der Waals surface area contributed by atoms with Crippen molar-refractivity contribution in [1.29, 1.82) is 0 Å². The first-order chi connectivity index (χ1) is 7.31. The standard InChI is InChI=1S/C14H28N2/c1-8-9-10-15-13(5)14(6,7)16-12(4)11(2)3/h11,15-16H,4-5,8-10H2,1-3,6-7H3. The average Bonchev–Trinajstić information content (AvgIpc) is 2.17. The number of nitrogens with one attached hydrogen (secondary N) is 2. The molecule has 0 aliphatic heterocycles. The second-order valence-corrected chi connectivity index (χ2v) is 5.19. The van der Waals surface area contributed by atoms with E-state index in [9.17, 15) is 0 Å². The van der Waals surface area contributed by atoms with Gasteiger partial charge in [-0.15, -0.1) is 0 Å². The van der Waals surface area contributed by atoms with Gasteiger partial charge in [0.25, 0.3) is 0 Å². The van der Waals surface area contributed by atoms with Crippen molar-refractivity contribution in [3.8, 4) is 0 Å². The van der Waals surface area contributed by atoms with Gasteiger partial charge in [0.15, 0.2) is 0 Å². The molecule has 0 aromatic heterocycles. The van der Waals surface area contributed by atoms with Gasteiger partial charge in [-0.2, -0.15) is 0 Å². The Balaban J connectivity index is 4.20. The lowest BCUT2D eigenvalue weighted by Gasteiger charge is -2.32. The van der Waals surface area contributed by atoms with E-state index in [1.165, 1.54) is 12.8 Å². The van der Waals surface area contributed by atoms with Gasteiger partial charge in [0.05, 0.1) is 5.54 Å². The van der Waals surface area contributed by atoms with Gasteiger partial charge >= 0.3 is 0 Å². The molecule has 0 aromatic carbocycles. The van der Waals surface area contributed by atoms with Crippen LogP contribution in [-0.2, 0) is 0 Å². The lowest BCUT2D eigenvalue weighted by molar-refractivity contribution is 0.442. The molecule has 0 spiro atoms. The first-order valence-electron chi connectivity index (χ1n) is 6.21. The van der Waals surface area contributed by atoms with E-state index in [1.54, 1.807) is 0 Å². The summed E-state index contributed by atoms with van der Waals surface area (Å²) in [6.07, 6.45) is 2.38. The van der Waals surface area contributed by atoms with E-state index in [4.69, 9.17) is 0 Å². The van der Waals surface area contributed by atoms with E-state index < -0.39 is 0 Å². The van der Waals surface area contributed by atoms with Gasteiger partial charge in [-0.25, -0.2) is 0 Å². The molecule has 0 fully saturated rings. The zero-order valence-electron chi connectivity index (χ0n) is 11.6. The summed E-state index contributed by atoms with van der Waals surface area (Å²) in [5, 5.41) is 6.80. The summed E-state index contributed by atoms with van der Waals surface area (Å²) >= 11 is 0. The second-order valence-electron chi connectivity index (χ2n) is 5.19. The molecular formula is C14H28N2. The third kappa shape index (κ3) is 5.24. The van der Waals surface area contributed by atoms with Gasteiger partial charge in [0.1, 0.15) is 0 Å². The van der Waals surface area contributed by atoms with Gasteiger partial charge in [0.2, 0.25) is 0 Å². The number of unbranched alkanes of at least 4 members (excludes halogenated alkanes) is 1. The van der Waals surface area contributed by atoms with Crippen LogP contribution in [0, 0.1) is 5.92 Å². The minimum atomic E-state index is -0.144. The van der Waals surface area contributed by atoms with Crippen LogP contribution < -0.4 is 10.6 Å². The number of hydrogen-bond acceptors (Lipinski definition) is 2. The van der Waals surface area contributed by atoms with E-state index >= 15 is 0 Å². The van der Waals surface area contributed by atoms with Crippen molar-refractivity contribution in [3.63, 3.8) is 0 Å². The summed E-state index contributed by atoms with van der Waals surface area (Å²) in [4.78, 5) is 0. The van der Waals surface area contributed by atoms with Crippen LogP contribution in [0.15, 0.2) is 24.6 Å². The molecule has 0 unspecified atom stereocenters. The van der Waals surface area contributed by atoms with E-state index in [1.807, 2.05) is 0 Å². The minimum absolute atomic E-state index is 0.144. The molecule has 0 bridgehead atoms. The van der Waals surface area contributed by atoms with Crippen LogP contribution in [0.2, 0.25) is 0 Å². The number of hydrogen-bond donors (Lipinski definition) is 2. The predicted molar refractivity (Wildman–Crippen MR) is 73.2 cm³/mol. The Bertz CT molecular complexity index is 239. The molecule has 0 rings (SSSR count). The van der Waals surface area contributed by atoms with E-state index in [-0.39, 0.29) is 5.54 Å². The van der Waals surface area contributed by atoms with Gasteiger partial charge in [-0.05, 0) is 26.2 Å². The first-order valence-corrected chi connectivity index (χ1v) is 6.21. The third-order valence-corrected chi connectivity index (χ3v) is 2.79. The smallest absolute Gasteiger partial charge is 0.0705 e. The number of allylic oxidation sites excluding steroid dienone is 1. The van der Waals surface area contributed by atoms with Crippen molar-refractivity contribution in [2.45, 2.75) is 53.0 Å². The van der Waals surface area contributed by atoms with Gasteiger partial charge in [-0.3, -0.25) is 0 Å². The lowest BCUT2D eigenvalue weighted by atomic mass is 9.99. The highest BCUT2D eigenvalue weighted by Crippen LogP contribution is 2.16. The fourth-order valence-electron chi connectivity index (χ4n) is 1.26. The molecule has 0 aliphatic carbocycles. The summed E-state index contributed by atoms with van der Waals surface area (Å²) in [6, 6.07) is 0. The summed E-state index contributed by atoms with van der Waals surface area (Å²) in [5.41, 5.74) is 1.95. The average molecular weight is 224 g/mol. The third-order valence-electron chi connectivity index (χ3n) is 2.79. The maximum Gasteiger partial charge on any atom is 0.0705 e. The molecule has 2 N–H and O–H groups in total. The quantitative estimate of drug-likeness (QED) is 0.617. The maximum absolute atomic E-state index is 4.10. The fraction of sp³-hybridized carbons (Fsp3) is 0.714. The Morgan fingerprint density at radius 1 is 1.25 bits per heavy atom. The Morgan fingerprint density at radius 2 is 1.81 bits per heavy atom. The summed E-state index contributed by atoms with van der Waals surface area (Å²) in [7, 11) is 0. The Labute approximate surface area is 101 Å². The Kier molecular flexibility index (Phi) is 6.24. The second kappa shape index (κ2) is 6.62. The monoisotopic (exact) mass is 224 g/mol. The molecule has 0 aromatic rings. The zero-order chi connectivity index (χ0) is 12.8. The summed E-state index contributed by atoms with van der Waals surface area (Å²) in [6.45, 7) is 19.8. The van der Waals surface area contributed by atoms with Crippen LogP contribution >= 0.6 is 0 Å². The topological polar surface area (TPSA) is 24.1 Å². The highest BCUT2D eigenvalue weighted by molar-refractivity contribution is 5.15. The highest BCUT2D eigenvalue weighted by atomic mass is 15.0. The van der Waals surface area contributed by atoms with Crippen LogP contribution in [-0.4, -0.2) is 12.1 Å². The fourth-order valence-corrected chi connectivity index (χ4v) is 1.26. The Morgan fingerprint density at radius 3 is 2.25 bits per heavy atom. The van der Waals surface area contributed by atoms with Crippen LogP contribution in [0.5, 0.6) is 0 Å². The van der Waals surface area contributed by atoms with Crippen molar-refractivity contribution < 1.29 is 0 Å². The molecule has 0 atom stereocenters. The van der Waals surface area contributed by atoms with Gasteiger partial charge in [-0.1, -0.05) is 40.3 Å². The molecule has 0 amide bonds. The van der Waals surface area contributed by atoms with Crippen molar-refractivity contribution in [2.24, 2.45) is 5.92 Å². The van der Waals surface area contributed by atoms with Crippen LogP contribution in [0.1, 0.15) is 47.5 Å². The lowest BCUT2D eigenvalue weighted by Crippen LogP contribution is -2.45. The first kappa shape index (κ1) is 15.1. The number of rotatable bonds is 8. The molecule has 2 heteroatoms. The summed E-state index contributed by atoms with van der Waals surface area (Å²) in [5.74, 6) is 0.447. The van der Waals surface area contributed by atoms with E-state index in [0.29, 0.717) is 5.92 Å². The maximum atomic E-state index is 4.10. The molecule has 2 nitrogen and oxygen atoms in total. The zero-order valence-corrected chi connectivity index (χ0v) is 11.6. The van der Waals surface area contributed by atoms with Crippen molar-refractivity contribution >= 4 is 0 Å². The van der Waals surface area contributed by atoms with E-state index in [2.05, 4.69) is 58.4 Å². The molecule has 0 radical (unpaired) electrons. The molecule has 0 saturated carbocycles. The predicted octanol–water partition coefficient (Wildman–Crippen LogP) is 3.43. The van der Waals surface area contributed by atoms with Crippen molar-refractivity contribution in [2.75, 3.05) is 6.54 Å². The Hall–Kier alpha value is -0.920. The minimum Gasteiger partial charge on any atom is -0.387 e. The normalized spacial score (nSPS) is 11.4. The molecule has 0 aliphatic rings. The van der Waals surface area contributed by atoms with Crippen molar-refractivity contribution in [3.05, 3.63) is 24.6 Å². The molecule has 16 heavy (non-hydrogen) atoms. The van der Waals surface area contributed by atoms with Crippen LogP contribution in [0.3, 0.4) is 0 Å². The largest absolute Gasteiger partial charge is 0.387 e. The van der Waals surface area contributed by atoms with Crippen LogP contribution in [0.25, 0.3) is 0 Å². The molecule has 0 saturated heterocycles. The van der Waals surface area contributed by atoms with Gasteiger partial charge < -0.3 is 10.6 Å². The summed E-state index contributed by atoms with van der Waals surface area (Å²) < 4.78 is 0. The molecule has 0 heterocycles. The van der Waals surface area contributed by atoms with Crippen LogP contribution in [0.4, 0.5) is 0 Å². The van der Waals surface area contributed by atoms with E-state index in [0.717, 1.165) is 17.9 Å². The molecular weight excluding hydrogens is 196 g/mol. The van der Waals surface area contributed by atoms with Gasteiger partial charge in [0, 0.05) is 17.9 Å². The highest BCUT2D eigenvalue weighted by Gasteiger charge is 2.22. The van der Waals surface area contributed by atoms with Crippen molar-refractivity contribution in [1.82, 2.24) is 10.6 Å². The SMILES string of the molecule is C=C(NC(C)(C)C(=C)NCCCC)C(C)C.